The van der Waals surface area contributed by atoms with E-state index >= 15 is 0 Å². The molecule has 1 saturated carbocycles. The molecule has 3 spiro atoms. The molecule has 0 aromatic heterocycles. The lowest BCUT2D eigenvalue weighted by Crippen LogP contribution is -2.87. The molecule has 0 unspecified atom stereocenters. The molecule has 1 N–H and O–H groups in total. The molecule has 6 heteroatoms. The van der Waals surface area contributed by atoms with Gasteiger partial charge in [0, 0.05) is 24.1 Å². The molecule has 6 nitrogen and oxygen atoms in total. The highest BCUT2D eigenvalue weighted by Gasteiger charge is 2.88. The van der Waals surface area contributed by atoms with Gasteiger partial charge in [0.15, 0.2) is 17.1 Å². The van der Waals surface area contributed by atoms with Crippen molar-refractivity contribution >= 4 is 5.97 Å². The number of aromatic hydroxyl groups is 1. The Morgan fingerprint density at radius 3 is 3.00 bits per heavy atom. The normalized spacial score (nSPS) is 48.9. The summed E-state index contributed by atoms with van der Waals surface area (Å²) in [6.45, 7) is 1.10. The smallest absolute Gasteiger partial charge is 0.312 e. The monoisotopic (exact) mass is 381 g/mol. The molecule has 1 aromatic rings. The van der Waals surface area contributed by atoms with Gasteiger partial charge in [-0.2, -0.15) is 0 Å². The minimum atomic E-state index is -0.870. The Bertz CT molecular complexity index is 1000. The van der Waals surface area contributed by atoms with Crippen LogP contribution >= 0.6 is 0 Å². The maximum atomic E-state index is 12.9. The highest BCUT2D eigenvalue weighted by Crippen LogP contribution is 2.79. The molecule has 8 rings (SSSR count). The number of nitrogens with zero attached hydrogens (tertiary/aromatic N) is 1. The molecule has 4 aliphatic carbocycles. The first-order chi connectivity index (χ1) is 13.5. The van der Waals surface area contributed by atoms with Crippen LogP contribution in [0.3, 0.4) is 0 Å². The second kappa shape index (κ2) is 4.26. The Balaban J connectivity index is 1.67. The summed E-state index contributed by atoms with van der Waals surface area (Å²) in [4.78, 5) is 15.3. The van der Waals surface area contributed by atoms with Crippen LogP contribution in [-0.4, -0.2) is 60.5 Å². The highest BCUT2D eigenvalue weighted by atomic mass is 16.6. The van der Waals surface area contributed by atoms with Gasteiger partial charge in [0.1, 0.15) is 12.2 Å². The van der Waals surface area contributed by atoms with Crippen molar-refractivity contribution in [1.29, 1.82) is 0 Å². The Hall–Kier alpha value is -2.05. The Kier molecular flexibility index (Phi) is 2.41. The summed E-state index contributed by atoms with van der Waals surface area (Å²) in [6.07, 6.45) is 6.91. The van der Waals surface area contributed by atoms with E-state index in [0.29, 0.717) is 12.2 Å². The number of carbonyl (C=O) groups is 1. The van der Waals surface area contributed by atoms with Crippen molar-refractivity contribution in [3.63, 3.8) is 0 Å². The van der Waals surface area contributed by atoms with Crippen LogP contribution in [-0.2, 0) is 26.1 Å². The molecule has 6 atom stereocenters. The molecule has 0 amide bonds. The van der Waals surface area contributed by atoms with E-state index in [1.165, 1.54) is 5.56 Å². The fraction of sp³-hybridized carbons (Fsp3) is 0.591. The second-order valence-corrected chi connectivity index (χ2v) is 9.47. The number of ether oxygens (including phenoxy) is 3. The summed E-state index contributed by atoms with van der Waals surface area (Å²) in [5, 5.41) is 10.7. The average Bonchev–Trinajstić information content (AvgIpc) is 3.02. The average molecular weight is 381 g/mol. The van der Waals surface area contributed by atoms with Crippen molar-refractivity contribution in [2.45, 2.75) is 41.9 Å². The lowest BCUT2D eigenvalue weighted by molar-refractivity contribution is -0.298. The summed E-state index contributed by atoms with van der Waals surface area (Å²) in [5.41, 5.74) is 0.0874. The summed E-state index contributed by atoms with van der Waals surface area (Å²) >= 11 is 0. The quantitative estimate of drug-likeness (QED) is 0.588. The number of cyclic esters (lactones) is 1. The van der Waals surface area contributed by atoms with E-state index in [4.69, 9.17) is 14.2 Å². The third kappa shape index (κ3) is 1.17. The van der Waals surface area contributed by atoms with Gasteiger partial charge in [-0.3, -0.25) is 4.79 Å². The standard InChI is InChI=1S/C22H23NO5/c1-23-8-7-20-16-12-3-4-14(24)17(16)28-22(20)11-27-18(25)13-10-19(20,15(23)9-12)5-6-21(13,22)26-2/h3-6,13,15,24H,7-11H2,1-2H3/t13-,15-,19-,20+,21-,22+/m0/s1. The highest BCUT2D eigenvalue weighted by molar-refractivity contribution is 5.81. The van der Waals surface area contributed by atoms with E-state index in [9.17, 15) is 9.90 Å². The van der Waals surface area contributed by atoms with Crippen molar-refractivity contribution < 1.29 is 24.1 Å². The number of piperidine rings is 1. The molecular weight excluding hydrogens is 358 g/mol. The molecule has 146 valence electrons. The third-order valence-electron chi connectivity index (χ3n) is 9.15. The van der Waals surface area contributed by atoms with Gasteiger partial charge >= 0.3 is 5.97 Å². The summed E-state index contributed by atoms with van der Waals surface area (Å²) in [6, 6.07) is 4.08. The van der Waals surface area contributed by atoms with Crippen molar-refractivity contribution in [3.05, 3.63) is 35.4 Å². The van der Waals surface area contributed by atoms with Crippen molar-refractivity contribution in [2.24, 2.45) is 11.3 Å². The number of phenols is 1. The number of methoxy groups -OCH3 is 1. The van der Waals surface area contributed by atoms with Crippen molar-refractivity contribution in [2.75, 3.05) is 27.3 Å². The number of esters is 1. The van der Waals surface area contributed by atoms with Crippen LogP contribution in [0.15, 0.2) is 24.3 Å². The van der Waals surface area contributed by atoms with Gasteiger partial charge in [0.05, 0.1) is 11.3 Å². The molecular formula is C22H23NO5. The van der Waals surface area contributed by atoms with Gasteiger partial charge in [-0.15, -0.1) is 0 Å². The van der Waals surface area contributed by atoms with Crippen molar-refractivity contribution in [1.82, 2.24) is 4.90 Å². The SMILES string of the molecule is CO[C@@]12C=C[C@@]34C[C@H]1C(=O)OC[C@]21Oc2c(O)ccc5c2[C@@]13CCN(C)[C@H]4C5. The number of hydrogen-bond donors (Lipinski definition) is 1. The molecule has 28 heavy (non-hydrogen) atoms. The first-order valence-electron chi connectivity index (χ1n) is 10.1. The fourth-order valence-electron chi connectivity index (χ4n) is 8.22. The van der Waals surface area contributed by atoms with Crippen LogP contribution in [0.4, 0.5) is 0 Å². The lowest BCUT2D eigenvalue weighted by atomic mass is 9.33. The predicted octanol–water partition coefficient (Wildman–Crippen LogP) is 1.54. The van der Waals surface area contributed by atoms with Gasteiger partial charge in [0.25, 0.3) is 0 Å². The zero-order valence-corrected chi connectivity index (χ0v) is 16.0. The molecule has 7 aliphatic rings. The Morgan fingerprint density at radius 2 is 2.18 bits per heavy atom. The number of rotatable bonds is 1. The molecule has 3 aliphatic heterocycles. The molecule has 3 fully saturated rings. The summed E-state index contributed by atoms with van der Waals surface area (Å²) in [7, 11) is 3.87. The van der Waals surface area contributed by atoms with Crippen LogP contribution in [0.1, 0.15) is 24.0 Å². The van der Waals surface area contributed by atoms with Gasteiger partial charge in [-0.25, -0.2) is 0 Å². The van der Waals surface area contributed by atoms with E-state index < -0.39 is 17.1 Å². The molecule has 1 aromatic carbocycles. The minimum absolute atomic E-state index is 0.159. The van der Waals surface area contributed by atoms with E-state index in [-0.39, 0.29) is 35.2 Å². The minimum Gasteiger partial charge on any atom is -0.504 e. The number of carbonyl (C=O) groups excluding carboxylic acids is 1. The van der Waals surface area contributed by atoms with E-state index in [1.54, 1.807) is 13.2 Å². The maximum absolute atomic E-state index is 12.9. The molecule has 6 bridgehead atoms. The number of likely N-dealkylation sites (N-methyl/N-ethyl adjacent to an activating group) is 1. The van der Waals surface area contributed by atoms with Crippen molar-refractivity contribution in [3.8, 4) is 11.5 Å². The first-order valence-corrected chi connectivity index (χ1v) is 10.1. The van der Waals surface area contributed by atoms with Gasteiger partial charge in [0.2, 0.25) is 0 Å². The second-order valence-electron chi connectivity index (χ2n) is 9.47. The lowest BCUT2D eigenvalue weighted by Gasteiger charge is -2.75. The first kappa shape index (κ1) is 15.8. The summed E-state index contributed by atoms with van der Waals surface area (Å²) in [5.74, 6) is 0.162. The summed E-state index contributed by atoms with van der Waals surface area (Å²) < 4.78 is 18.7. The zero-order chi connectivity index (χ0) is 19.1. The van der Waals surface area contributed by atoms with Crippen LogP contribution in [0, 0.1) is 11.3 Å². The van der Waals surface area contributed by atoms with Gasteiger partial charge in [-0.1, -0.05) is 18.2 Å². The van der Waals surface area contributed by atoms with Crippen LogP contribution in [0.2, 0.25) is 0 Å². The zero-order valence-electron chi connectivity index (χ0n) is 16.0. The number of benzene rings is 1. The maximum Gasteiger partial charge on any atom is 0.312 e. The molecule has 2 saturated heterocycles. The number of phenolic OH excluding ortho intramolecular Hbond substituents is 1. The van der Waals surface area contributed by atoms with Gasteiger partial charge in [-0.05, 0) is 44.5 Å². The van der Waals surface area contributed by atoms with Crippen LogP contribution in [0.25, 0.3) is 0 Å². The number of likely N-dealkylation sites (tertiary alicyclic amines) is 1. The predicted molar refractivity (Wildman–Crippen MR) is 98.3 cm³/mol. The molecule has 3 heterocycles. The van der Waals surface area contributed by atoms with E-state index in [2.05, 4.69) is 30.2 Å². The number of hydrogen-bond acceptors (Lipinski definition) is 6. The Morgan fingerprint density at radius 1 is 1.32 bits per heavy atom. The van der Waals surface area contributed by atoms with E-state index in [1.807, 2.05) is 0 Å². The largest absolute Gasteiger partial charge is 0.504 e. The van der Waals surface area contributed by atoms with Gasteiger partial charge < -0.3 is 24.2 Å². The van der Waals surface area contributed by atoms with Crippen LogP contribution < -0.4 is 4.74 Å². The topological polar surface area (TPSA) is 68.2 Å². The Labute approximate surface area is 163 Å². The van der Waals surface area contributed by atoms with Crippen LogP contribution in [0.5, 0.6) is 11.5 Å². The van der Waals surface area contributed by atoms with E-state index in [0.717, 1.165) is 24.9 Å². The third-order valence-corrected chi connectivity index (χ3v) is 9.15. The molecule has 0 radical (unpaired) electrons. The fourth-order valence-corrected chi connectivity index (χ4v) is 8.22.